The lowest BCUT2D eigenvalue weighted by Gasteiger charge is -2.09. The van der Waals surface area contributed by atoms with Crippen LogP contribution in [0.4, 0.5) is 0 Å². The monoisotopic (exact) mass is 314 g/mol. The van der Waals surface area contributed by atoms with E-state index < -0.39 is 0 Å². The number of aryl methyl sites for hydroxylation is 2. The van der Waals surface area contributed by atoms with E-state index in [0.717, 1.165) is 11.1 Å². The summed E-state index contributed by atoms with van der Waals surface area (Å²) in [5, 5.41) is 14.9. The Hall–Kier alpha value is -2.67. The lowest BCUT2D eigenvalue weighted by Crippen LogP contribution is -2.12. The number of aromatic amines is 1. The van der Waals surface area contributed by atoms with E-state index in [1.165, 1.54) is 4.68 Å². The van der Waals surface area contributed by atoms with Crippen molar-refractivity contribution in [2.75, 3.05) is 6.61 Å². The van der Waals surface area contributed by atoms with Gasteiger partial charge in [-0.05, 0) is 38.0 Å². The fraction of sp³-hybridized carbons (Fsp3) is 0.312. The van der Waals surface area contributed by atoms with Crippen molar-refractivity contribution in [2.45, 2.75) is 27.4 Å². The van der Waals surface area contributed by atoms with E-state index in [2.05, 4.69) is 15.1 Å². The average Bonchev–Trinajstić information content (AvgIpc) is 2.88. The van der Waals surface area contributed by atoms with Crippen molar-refractivity contribution in [3.8, 4) is 11.4 Å². The Kier molecular flexibility index (Phi) is 3.87. The molecule has 0 bridgehead atoms. The zero-order valence-corrected chi connectivity index (χ0v) is 13.3. The number of phenolic OH excluding ortho intramolecular Hbond substituents is 1. The molecule has 0 unspecified atom stereocenters. The van der Waals surface area contributed by atoms with Crippen LogP contribution in [0.1, 0.15) is 23.9 Å². The third-order valence-corrected chi connectivity index (χ3v) is 3.53. The molecule has 0 amide bonds. The normalized spacial score (nSPS) is 11.3. The molecule has 1 aromatic carbocycles. The van der Waals surface area contributed by atoms with Crippen LogP contribution in [-0.4, -0.2) is 31.5 Å². The highest BCUT2D eigenvalue weighted by Gasteiger charge is 2.14. The van der Waals surface area contributed by atoms with E-state index in [9.17, 15) is 9.90 Å². The highest BCUT2D eigenvalue weighted by molar-refractivity contribution is 5.74. The summed E-state index contributed by atoms with van der Waals surface area (Å²) < 4.78 is 6.75. The number of hydrogen-bond donors (Lipinski definition) is 2. The highest BCUT2D eigenvalue weighted by Crippen LogP contribution is 2.27. The Morgan fingerprint density at radius 3 is 2.83 bits per heavy atom. The molecule has 2 N–H and O–H groups in total. The molecule has 7 nitrogen and oxygen atoms in total. The van der Waals surface area contributed by atoms with Gasteiger partial charge in [-0.2, -0.15) is 0 Å². The number of nitrogens with zero attached hydrogens (tertiary/aromatic N) is 3. The van der Waals surface area contributed by atoms with Crippen LogP contribution in [0.3, 0.4) is 0 Å². The van der Waals surface area contributed by atoms with E-state index in [1.54, 1.807) is 12.3 Å². The number of nitrogens with one attached hydrogen (secondary N) is 1. The Morgan fingerprint density at radius 1 is 1.35 bits per heavy atom. The molecular weight excluding hydrogens is 296 g/mol. The van der Waals surface area contributed by atoms with Gasteiger partial charge in [-0.3, -0.25) is 4.79 Å². The molecular formula is C16H18N4O3. The molecule has 0 saturated carbocycles. The van der Waals surface area contributed by atoms with Gasteiger partial charge >= 0.3 is 0 Å². The molecule has 0 fully saturated rings. The zero-order valence-electron chi connectivity index (χ0n) is 13.3. The molecule has 0 aliphatic rings. The van der Waals surface area contributed by atoms with Gasteiger partial charge in [0, 0.05) is 12.8 Å². The van der Waals surface area contributed by atoms with Crippen molar-refractivity contribution in [3.63, 3.8) is 0 Å². The molecule has 120 valence electrons. The van der Waals surface area contributed by atoms with Gasteiger partial charge in [0.15, 0.2) is 5.65 Å². The fourth-order valence-corrected chi connectivity index (χ4v) is 2.58. The van der Waals surface area contributed by atoms with Gasteiger partial charge in [0.25, 0.3) is 5.56 Å². The smallest absolute Gasteiger partial charge is 0.262 e. The molecule has 0 atom stereocenters. The van der Waals surface area contributed by atoms with Gasteiger partial charge in [-0.1, -0.05) is 6.07 Å². The third-order valence-electron chi connectivity index (χ3n) is 3.53. The van der Waals surface area contributed by atoms with Gasteiger partial charge in [0.2, 0.25) is 0 Å². The average molecular weight is 314 g/mol. The topological polar surface area (TPSA) is 93.0 Å². The van der Waals surface area contributed by atoms with Crippen LogP contribution < -0.4 is 5.56 Å². The quantitative estimate of drug-likeness (QED) is 0.768. The van der Waals surface area contributed by atoms with Crippen LogP contribution in [-0.2, 0) is 11.3 Å². The van der Waals surface area contributed by atoms with Crippen LogP contribution in [0.2, 0.25) is 0 Å². The first-order chi connectivity index (χ1) is 11.0. The summed E-state index contributed by atoms with van der Waals surface area (Å²) in [6.45, 7) is 6.42. The van der Waals surface area contributed by atoms with Crippen LogP contribution in [0.15, 0.2) is 23.1 Å². The predicted molar refractivity (Wildman–Crippen MR) is 86.0 cm³/mol. The summed E-state index contributed by atoms with van der Waals surface area (Å²) in [6, 6.07) is 3.60. The number of hydrogen-bond acceptors (Lipinski definition) is 5. The minimum atomic E-state index is -0.278. The van der Waals surface area contributed by atoms with Crippen molar-refractivity contribution < 1.29 is 9.84 Å². The molecule has 0 aliphatic heterocycles. The summed E-state index contributed by atoms with van der Waals surface area (Å²) >= 11 is 0. The largest absolute Gasteiger partial charge is 0.506 e. The fourth-order valence-electron chi connectivity index (χ4n) is 2.58. The maximum Gasteiger partial charge on any atom is 0.262 e. The Morgan fingerprint density at radius 2 is 2.13 bits per heavy atom. The second kappa shape index (κ2) is 5.85. The van der Waals surface area contributed by atoms with E-state index in [1.807, 2.05) is 26.8 Å². The van der Waals surface area contributed by atoms with Gasteiger partial charge in [0.05, 0.1) is 0 Å². The first kappa shape index (κ1) is 15.2. The van der Waals surface area contributed by atoms with Crippen molar-refractivity contribution in [3.05, 3.63) is 45.6 Å². The number of aromatic hydroxyl groups is 1. The number of benzene rings is 1. The maximum atomic E-state index is 12.2. The number of phenols is 1. The van der Waals surface area contributed by atoms with Crippen molar-refractivity contribution in [1.82, 2.24) is 19.7 Å². The summed E-state index contributed by atoms with van der Waals surface area (Å²) in [4.78, 5) is 19.1. The van der Waals surface area contributed by atoms with Crippen LogP contribution in [0.25, 0.3) is 16.7 Å². The highest BCUT2D eigenvalue weighted by atomic mass is 16.5. The van der Waals surface area contributed by atoms with Crippen molar-refractivity contribution >= 4 is 11.0 Å². The molecule has 2 aromatic heterocycles. The van der Waals surface area contributed by atoms with E-state index in [4.69, 9.17) is 4.74 Å². The molecule has 2 heterocycles. The molecule has 23 heavy (non-hydrogen) atoms. The third kappa shape index (κ3) is 2.83. The summed E-state index contributed by atoms with van der Waals surface area (Å²) in [7, 11) is 0. The molecule has 7 heteroatoms. The zero-order chi connectivity index (χ0) is 16.6. The van der Waals surface area contributed by atoms with Crippen molar-refractivity contribution in [1.29, 1.82) is 0 Å². The van der Waals surface area contributed by atoms with E-state index in [0.29, 0.717) is 29.2 Å². The van der Waals surface area contributed by atoms with Crippen LogP contribution in [0, 0.1) is 13.8 Å². The molecule has 3 rings (SSSR count). The standard InChI is InChI=1S/C16H18N4O3/c1-4-23-8-13-17-15-11(16(22)18-13)7-20(19-15)14-10(3)5-9(2)6-12(14)21/h5-7,21H,4,8H2,1-3H3,(H,17,18,19,22). The summed E-state index contributed by atoms with van der Waals surface area (Å²) in [5.74, 6) is 0.542. The first-order valence-corrected chi connectivity index (χ1v) is 7.36. The summed E-state index contributed by atoms with van der Waals surface area (Å²) in [5.41, 5.74) is 2.40. The SMILES string of the molecule is CCOCc1nc2nn(-c3c(C)cc(C)cc3O)cc2c(=O)[nH]1. The molecule has 0 spiro atoms. The minimum Gasteiger partial charge on any atom is -0.506 e. The van der Waals surface area contributed by atoms with Gasteiger partial charge < -0.3 is 14.8 Å². The second-order valence-electron chi connectivity index (χ2n) is 5.41. The Balaban J connectivity index is 2.14. The maximum absolute atomic E-state index is 12.2. The van der Waals surface area contributed by atoms with Crippen LogP contribution in [0.5, 0.6) is 5.75 Å². The van der Waals surface area contributed by atoms with E-state index in [-0.39, 0.29) is 17.9 Å². The Bertz CT molecular complexity index is 904. The number of rotatable bonds is 4. The first-order valence-electron chi connectivity index (χ1n) is 7.36. The van der Waals surface area contributed by atoms with E-state index >= 15 is 0 Å². The van der Waals surface area contributed by atoms with Gasteiger partial charge in [-0.25, -0.2) is 9.67 Å². The molecule has 0 radical (unpaired) electrons. The number of aromatic nitrogens is 4. The second-order valence-corrected chi connectivity index (χ2v) is 5.41. The number of H-pyrrole nitrogens is 1. The van der Waals surface area contributed by atoms with Gasteiger partial charge in [0.1, 0.15) is 29.3 Å². The Labute approximate surface area is 132 Å². The van der Waals surface area contributed by atoms with Crippen molar-refractivity contribution in [2.24, 2.45) is 0 Å². The minimum absolute atomic E-state index is 0.112. The number of ether oxygens (including phenoxy) is 1. The molecule has 3 aromatic rings. The lowest BCUT2D eigenvalue weighted by atomic mass is 10.1. The molecule has 0 saturated heterocycles. The number of fused-ring (bicyclic) bond motifs is 1. The lowest BCUT2D eigenvalue weighted by molar-refractivity contribution is 0.128. The van der Waals surface area contributed by atoms with Crippen LogP contribution >= 0.6 is 0 Å². The molecule has 0 aliphatic carbocycles. The van der Waals surface area contributed by atoms with Gasteiger partial charge in [-0.15, -0.1) is 5.10 Å². The summed E-state index contributed by atoms with van der Waals surface area (Å²) in [6.07, 6.45) is 1.57. The predicted octanol–water partition coefficient (Wildman–Crippen LogP) is 1.97.